The van der Waals surface area contributed by atoms with E-state index in [1.807, 2.05) is 0 Å². The lowest BCUT2D eigenvalue weighted by molar-refractivity contribution is 0.0313. The van der Waals surface area contributed by atoms with Gasteiger partial charge in [0.2, 0.25) is 0 Å². The number of ether oxygens (including phenoxy) is 3. The van der Waals surface area contributed by atoms with Crippen molar-refractivity contribution in [2.75, 3.05) is 14.2 Å². The fourth-order valence-corrected chi connectivity index (χ4v) is 2.62. The SMILES string of the molecule is COc1cccc(OC)c1C(=O)O[C@@H](C)c1nc2ccccc2c(=O)[nH]1. The molecule has 26 heavy (non-hydrogen) atoms. The summed E-state index contributed by atoms with van der Waals surface area (Å²) in [6, 6.07) is 11.9. The fraction of sp³-hybridized carbons (Fsp3) is 0.211. The topological polar surface area (TPSA) is 90.5 Å². The number of methoxy groups -OCH3 is 2. The van der Waals surface area contributed by atoms with Crippen LogP contribution in [0.25, 0.3) is 10.9 Å². The summed E-state index contributed by atoms with van der Waals surface area (Å²) in [5, 5.41) is 0.473. The van der Waals surface area contributed by atoms with Gasteiger partial charge in [-0.1, -0.05) is 18.2 Å². The standard InChI is InChI=1S/C19H18N2O5/c1-11(17-20-13-8-5-4-7-12(13)18(22)21-17)26-19(23)16-14(24-2)9-6-10-15(16)25-3/h4-11H,1-3H3,(H,20,21,22)/t11-/m0/s1. The summed E-state index contributed by atoms with van der Waals surface area (Å²) >= 11 is 0. The molecular formula is C19H18N2O5. The van der Waals surface area contributed by atoms with E-state index in [1.165, 1.54) is 14.2 Å². The van der Waals surface area contributed by atoms with Gasteiger partial charge >= 0.3 is 5.97 Å². The van der Waals surface area contributed by atoms with Crippen LogP contribution in [0.4, 0.5) is 0 Å². The smallest absolute Gasteiger partial charge is 0.346 e. The number of hydrogen-bond donors (Lipinski definition) is 1. The molecule has 1 N–H and O–H groups in total. The Labute approximate surface area is 149 Å². The van der Waals surface area contributed by atoms with Crippen LogP contribution in [0.2, 0.25) is 0 Å². The third kappa shape index (κ3) is 3.23. The number of carbonyl (C=O) groups excluding carboxylic acids is 1. The zero-order chi connectivity index (χ0) is 18.7. The van der Waals surface area contributed by atoms with Crippen molar-refractivity contribution in [3.63, 3.8) is 0 Å². The van der Waals surface area contributed by atoms with E-state index >= 15 is 0 Å². The van der Waals surface area contributed by atoms with E-state index in [-0.39, 0.29) is 16.9 Å². The maximum Gasteiger partial charge on any atom is 0.346 e. The second-order valence-corrected chi connectivity index (χ2v) is 5.55. The van der Waals surface area contributed by atoms with Crippen LogP contribution in [-0.4, -0.2) is 30.2 Å². The van der Waals surface area contributed by atoms with Gasteiger partial charge in [0.25, 0.3) is 5.56 Å². The molecule has 0 aliphatic heterocycles. The molecule has 0 aliphatic carbocycles. The summed E-state index contributed by atoms with van der Waals surface area (Å²) in [5.74, 6) is 0.293. The molecule has 0 fully saturated rings. The molecule has 1 atom stereocenters. The van der Waals surface area contributed by atoms with Crippen LogP contribution >= 0.6 is 0 Å². The summed E-state index contributed by atoms with van der Waals surface area (Å²) < 4.78 is 15.9. The summed E-state index contributed by atoms with van der Waals surface area (Å²) in [6.07, 6.45) is -0.769. The van der Waals surface area contributed by atoms with Gasteiger partial charge in [-0.05, 0) is 31.2 Å². The van der Waals surface area contributed by atoms with Gasteiger partial charge < -0.3 is 19.2 Å². The van der Waals surface area contributed by atoms with E-state index in [2.05, 4.69) is 9.97 Å². The number of esters is 1. The van der Waals surface area contributed by atoms with E-state index in [1.54, 1.807) is 49.4 Å². The molecule has 0 unspecified atom stereocenters. The van der Waals surface area contributed by atoms with Crippen molar-refractivity contribution in [2.45, 2.75) is 13.0 Å². The number of carbonyl (C=O) groups is 1. The molecule has 0 amide bonds. The Morgan fingerprint density at radius 3 is 2.35 bits per heavy atom. The van der Waals surface area contributed by atoms with Crippen molar-refractivity contribution < 1.29 is 19.0 Å². The van der Waals surface area contributed by atoms with E-state index in [4.69, 9.17) is 14.2 Å². The Kier molecular flexibility index (Phi) is 4.88. The number of aromatic nitrogens is 2. The Bertz CT molecular complexity index is 990. The second-order valence-electron chi connectivity index (χ2n) is 5.55. The van der Waals surface area contributed by atoms with Gasteiger partial charge in [-0.2, -0.15) is 0 Å². The predicted octanol–water partition coefficient (Wildman–Crippen LogP) is 2.86. The number of aromatic amines is 1. The van der Waals surface area contributed by atoms with Crippen molar-refractivity contribution in [1.29, 1.82) is 0 Å². The Balaban J connectivity index is 1.92. The Morgan fingerprint density at radius 2 is 1.69 bits per heavy atom. The van der Waals surface area contributed by atoms with Gasteiger partial charge in [-0.15, -0.1) is 0 Å². The van der Waals surface area contributed by atoms with Gasteiger partial charge in [0.05, 0.1) is 25.1 Å². The molecule has 7 heteroatoms. The molecule has 0 bridgehead atoms. The molecule has 1 aromatic heterocycles. The second kappa shape index (κ2) is 7.26. The normalized spacial score (nSPS) is 11.8. The Hall–Kier alpha value is -3.35. The number of fused-ring (bicyclic) bond motifs is 1. The fourth-order valence-electron chi connectivity index (χ4n) is 2.62. The van der Waals surface area contributed by atoms with Crippen molar-refractivity contribution in [1.82, 2.24) is 9.97 Å². The van der Waals surface area contributed by atoms with E-state index in [0.29, 0.717) is 22.4 Å². The minimum Gasteiger partial charge on any atom is -0.496 e. The number of H-pyrrole nitrogens is 1. The first-order chi connectivity index (χ1) is 12.5. The molecule has 0 aliphatic rings. The highest BCUT2D eigenvalue weighted by Gasteiger charge is 2.23. The molecule has 1 heterocycles. The van der Waals surface area contributed by atoms with Crippen LogP contribution in [0.5, 0.6) is 11.5 Å². The lowest BCUT2D eigenvalue weighted by Gasteiger charge is -2.16. The molecule has 0 radical (unpaired) electrons. The van der Waals surface area contributed by atoms with Crippen molar-refractivity contribution in [3.05, 3.63) is 64.2 Å². The van der Waals surface area contributed by atoms with Crippen LogP contribution in [0.15, 0.2) is 47.3 Å². The van der Waals surface area contributed by atoms with Gasteiger partial charge in [-0.25, -0.2) is 9.78 Å². The molecule has 3 aromatic rings. The summed E-state index contributed by atoms with van der Waals surface area (Å²) in [6.45, 7) is 1.63. The van der Waals surface area contributed by atoms with Crippen LogP contribution in [0.3, 0.4) is 0 Å². The first kappa shape index (κ1) is 17.5. The third-order valence-electron chi connectivity index (χ3n) is 3.93. The summed E-state index contributed by atoms with van der Waals surface area (Å²) in [4.78, 5) is 31.8. The van der Waals surface area contributed by atoms with Crippen LogP contribution in [0, 0.1) is 0 Å². The quantitative estimate of drug-likeness (QED) is 0.709. The molecule has 0 saturated carbocycles. The van der Waals surface area contributed by atoms with E-state index in [0.717, 1.165) is 0 Å². The maximum atomic E-state index is 12.6. The van der Waals surface area contributed by atoms with Crippen LogP contribution in [-0.2, 0) is 4.74 Å². The van der Waals surface area contributed by atoms with Crippen molar-refractivity contribution in [3.8, 4) is 11.5 Å². The zero-order valence-electron chi connectivity index (χ0n) is 14.6. The Morgan fingerprint density at radius 1 is 1.04 bits per heavy atom. The number of nitrogens with one attached hydrogen (secondary N) is 1. The summed E-state index contributed by atoms with van der Waals surface area (Å²) in [7, 11) is 2.91. The van der Waals surface area contributed by atoms with Crippen LogP contribution in [0.1, 0.15) is 29.2 Å². The summed E-state index contributed by atoms with van der Waals surface area (Å²) in [5.41, 5.74) is 0.417. The van der Waals surface area contributed by atoms with Gasteiger partial charge in [0.1, 0.15) is 17.1 Å². The number of rotatable bonds is 5. The molecule has 0 saturated heterocycles. The molecule has 0 spiro atoms. The highest BCUT2D eigenvalue weighted by molar-refractivity contribution is 5.95. The van der Waals surface area contributed by atoms with Gasteiger partial charge in [0.15, 0.2) is 11.9 Å². The zero-order valence-corrected chi connectivity index (χ0v) is 14.6. The van der Waals surface area contributed by atoms with Crippen molar-refractivity contribution in [2.24, 2.45) is 0 Å². The molecular weight excluding hydrogens is 336 g/mol. The largest absolute Gasteiger partial charge is 0.496 e. The number of benzene rings is 2. The van der Waals surface area contributed by atoms with Crippen molar-refractivity contribution >= 4 is 16.9 Å². The van der Waals surface area contributed by atoms with Gasteiger partial charge in [-0.3, -0.25) is 4.79 Å². The average Bonchev–Trinajstić information content (AvgIpc) is 2.67. The average molecular weight is 354 g/mol. The lowest BCUT2D eigenvalue weighted by atomic mass is 10.1. The van der Waals surface area contributed by atoms with E-state index < -0.39 is 12.1 Å². The first-order valence-electron chi connectivity index (χ1n) is 7.96. The third-order valence-corrected chi connectivity index (χ3v) is 3.93. The lowest BCUT2D eigenvalue weighted by Crippen LogP contribution is -2.18. The highest BCUT2D eigenvalue weighted by Crippen LogP contribution is 2.30. The molecule has 2 aromatic carbocycles. The maximum absolute atomic E-state index is 12.6. The monoisotopic (exact) mass is 354 g/mol. The van der Waals surface area contributed by atoms with Gasteiger partial charge in [0, 0.05) is 0 Å². The predicted molar refractivity (Wildman–Crippen MR) is 95.7 cm³/mol. The molecule has 3 rings (SSSR count). The minimum atomic E-state index is -0.769. The minimum absolute atomic E-state index is 0.174. The molecule has 134 valence electrons. The number of nitrogens with zero attached hydrogens (tertiary/aromatic N) is 1. The number of para-hydroxylation sites is 1. The highest BCUT2D eigenvalue weighted by atomic mass is 16.5. The first-order valence-corrected chi connectivity index (χ1v) is 7.96. The van der Waals surface area contributed by atoms with E-state index in [9.17, 15) is 9.59 Å². The molecule has 7 nitrogen and oxygen atoms in total. The van der Waals surface area contributed by atoms with Crippen LogP contribution < -0.4 is 15.0 Å². The number of hydrogen-bond acceptors (Lipinski definition) is 6.